The van der Waals surface area contributed by atoms with Crippen molar-refractivity contribution in [2.24, 2.45) is 13.0 Å². The molecule has 96 valence electrons. The van der Waals surface area contributed by atoms with Crippen molar-refractivity contribution in [3.05, 3.63) is 11.9 Å². The number of carbonyl (C=O) groups excluding carboxylic acids is 1. The molecule has 17 heavy (non-hydrogen) atoms. The Labute approximate surface area is 102 Å². The van der Waals surface area contributed by atoms with Gasteiger partial charge in [0.1, 0.15) is 0 Å². The fourth-order valence-electron chi connectivity index (χ4n) is 1.57. The van der Waals surface area contributed by atoms with Crippen LogP contribution < -0.4 is 5.32 Å². The van der Waals surface area contributed by atoms with Gasteiger partial charge < -0.3 is 10.1 Å². The summed E-state index contributed by atoms with van der Waals surface area (Å²) < 4.78 is 6.73. The van der Waals surface area contributed by atoms with Crippen molar-refractivity contribution in [2.45, 2.75) is 27.2 Å². The number of carbonyl (C=O) groups is 1. The molecule has 0 aliphatic carbocycles. The number of esters is 1. The molecule has 0 amide bonds. The van der Waals surface area contributed by atoms with E-state index in [1.807, 2.05) is 27.1 Å². The molecule has 5 nitrogen and oxygen atoms in total. The van der Waals surface area contributed by atoms with E-state index in [1.165, 1.54) is 0 Å². The molecule has 1 aromatic heterocycles. The second-order valence-corrected chi connectivity index (χ2v) is 4.05. The second kappa shape index (κ2) is 6.27. The fourth-order valence-corrected chi connectivity index (χ4v) is 1.57. The zero-order valence-corrected chi connectivity index (χ0v) is 11.0. The number of aryl methyl sites for hydroxylation is 2. The number of hydrogen-bond donors (Lipinski definition) is 1. The average Bonchev–Trinajstić information content (AvgIpc) is 2.66. The summed E-state index contributed by atoms with van der Waals surface area (Å²) in [5.74, 6) is -0.318. The van der Waals surface area contributed by atoms with Gasteiger partial charge in [-0.2, -0.15) is 5.10 Å². The summed E-state index contributed by atoms with van der Waals surface area (Å²) >= 11 is 0. The van der Waals surface area contributed by atoms with Gasteiger partial charge in [-0.05, 0) is 13.3 Å². The van der Waals surface area contributed by atoms with Gasteiger partial charge in [-0.1, -0.05) is 13.8 Å². The lowest BCUT2D eigenvalue weighted by atomic mass is 10.2. The molecule has 0 saturated carbocycles. The Hall–Kier alpha value is -1.52. The number of rotatable bonds is 6. The topological polar surface area (TPSA) is 56.1 Å². The first kappa shape index (κ1) is 13.5. The molecule has 1 unspecified atom stereocenters. The Morgan fingerprint density at radius 1 is 1.59 bits per heavy atom. The molecule has 0 bridgehead atoms. The van der Waals surface area contributed by atoms with Gasteiger partial charge in [-0.25, -0.2) is 0 Å². The van der Waals surface area contributed by atoms with E-state index >= 15 is 0 Å². The molecule has 0 radical (unpaired) electrons. The van der Waals surface area contributed by atoms with Crippen molar-refractivity contribution in [3.63, 3.8) is 0 Å². The molecule has 1 rings (SSSR count). The van der Waals surface area contributed by atoms with Crippen LogP contribution in [0.1, 0.15) is 26.5 Å². The van der Waals surface area contributed by atoms with Crippen molar-refractivity contribution in [2.75, 3.05) is 18.5 Å². The summed E-state index contributed by atoms with van der Waals surface area (Å²) in [4.78, 5) is 11.4. The minimum Gasteiger partial charge on any atom is -0.466 e. The number of anilines is 1. The Morgan fingerprint density at radius 2 is 2.29 bits per heavy atom. The van der Waals surface area contributed by atoms with Crippen LogP contribution in [-0.4, -0.2) is 28.9 Å². The van der Waals surface area contributed by atoms with Crippen LogP contribution in [0, 0.1) is 5.92 Å². The molecule has 1 aromatic rings. The van der Waals surface area contributed by atoms with Crippen molar-refractivity contribution in [1.82, 2.24) is 9.78 Å². The van der Waals surface area contributed by atoms with Crippen LogP contribution in [0.5, 0.6) is 0 Å². The Bertz CT molecular complexity index is 374. The maximum atomic E-state index is 11.4. The zero-order chi connectivity index (χ0) is 12.8. The Kier molecular flexibility index (Phi) is 5.00. The molecular weight excluding hydrogens is 218 g/mol. The van der Waals surface area contributed by atoms with Gasteiger partial charge in [-0.3, -0.25) is 9.48 Å². The molecule has 0 fully saturated rings. The highest BCUT2D eigenvalue weighted by Crippen LogP contribution is 2.14. The van der Waals surface area contributed by atoms with E-state index in [0.29, 0.717) is 13.2 Å². The second-order valence-electron chi connectivity index (χ2n) is 4.05. The number of hydrogen-bond acceptors (Lipinski definition) is 4. The van der Waals surface area contributed by atoms with Crippen LogP contribution >= 0.6 is 0 Å². The lowest BCUT2D eigenvalue weighted by Crippen LogP contribution is -2.22. The van der Waals surface area contributed by atoms with Gasteiger partial charge in [-0.15, -0.1) is 0 Å². The van der Waals surface area contributed by atoms with Crippen molar-refractivity contribution < 1.29 is 9.53 Å². The van der Waals surface area contributed by atoms with Crippen LogP contribution in [0.2, 0.25) is 0 Å². The lowest BCUT2D eigenvalue weighted by molar-refractivity contribution is -0.146. The van der Waals surface area contributed by atoms with E-state index in [9.17, 15) is 4.79 Å². The van der Waals surface area contributed by atoms with Crippen LogP contribution in [0.3, 0.4) is 0 Å². The smallest absolute Gasteiger partial charge is 0.310 e. The number of nitrogens with zero attached hydrogens (tertiary/aromatic N) is 2. The summed E-state index contributed by atoms with van der Waals surface area (Å²) in [6, 6.07) is 0. The predicted octanol–water partition coefficient (Wildman–Crippen LogP) is 1.59. The number of ether oxygens (including phenoxy) is 1. The third-order valence-corrected chi connectivity index (χ3v) is 2.53. The molecular formula is C12H21N3O2. The normalized spacial score (nSPS) is 12.2. The summed E-state index contributed by atoms with van der Waals surface area (Å²) in [6.45, 7) is 6.72. The SMILES string of the molecule is CCOC(=O)C(C)CNc1cn(C)nc1CC. The third kappa shape index (κ3) is 3.76. The molecule has 0 aliphatic heterocycles. The predicted molar refractivity (Wildman–Crippen MR) is 66.9 cm³/mol. The van der Waals surface area contributed by atoms with E-state index < -0.39 is 0 Å². The first-order valence-electron chi connectivity index (χ1n) is 6.01. The maximum Gasteiger partial charge on any atom is 0.310 e. The van der Waals surface area contributed by atoms with Gasteiger partial charge in [0.25, 0.3) is 0 Å². The first-order valence-corrected chi connectivity index (χ1v) is 6.01. The summed E-state index contributed by atoms with van der Waals surface area (Å²) in [6.07, 6.45) is 2.80. The highest BCUT2D eigenvalue weighted by Gasteiger charge is 2.14. The standard InChI is InChI=1S/C12H21N3O2/c1-5-10-11(8-15(4)14-10)13-7-9(3)12(16)17-6-2/h8-9,13H,5-7H2,1-4H3. The van der Waals surface area contributed by atoms with Gasteiger partial charge in [0.2, 0.25) is 0 Å². The van der Waals surface area contributed by atoms with Gasteiger partial charge in [0.05, 0.1) is 23.9 Å². The number of nitrogens with one attached hydrogen (secondary N) is 1. The van der Waals surface area contributed by atoms with Gasteiger partial charge in [0, 0.05) is 19.8 Å². The third-order valence-electron chi connectivity index (χ3n) is 2.53. The molecule has 0 spiro atoms. The Balaban J connectivity index is 2.52. The lowest BCUT2D eigenvalue weighted by Gasteiger charge is -2.11. The molecule has 1 atom stereocenters. The highest BCUT2D eigenvalue weighted by atomic mass is 16.5. The maximum absolute atomic E-state index is 11.4. The summed E-state index contributed by atoms with van der Waals surface area (Å²) in [5, 5.41) is 7.57. The minimum absolute atomic E-state index is 0.153. The molecule has 5 heteroatoms. The summed E-state index contributed by atoms with van der Waals surface area (Å²) in [5.41, 5.74) is 2.01. The average molecular weight is 239 g/mol. The van der Waals surface area contributed by atoms with Crippen LogP contribution in [0.25, 0.3) is 0 Å². The molecule has 1 heterocycles. The number of aromatic nitrogens is 2. The quantitative estimate of drug-likeness (QED) is 0.766. The largest absolute Gasteiger partial charge is 0.466 e. The molecule has 0 aliphatic rings. The van der Waals surface area contributed by atoms with E-state index in [1.54, 1.807) is 4.68 Å². The highest BCUT2D eigenvalue weighted by molar-refractivity contribution is 5.72. The molecule has 0 aromatic carbocycles. The zero-order valence-electron chi connectivity index (χ0n) is 11.0. The molecule has 1 N–H and O–H groups in total. The summed E-state index contributed by atoms with van der Waals surface area (Å²) in [7, 11) is 1.89. The Morgan fingerprint density at radius 3 is 2.88 bits per heavy atom. The van der Waals surface area contributed by atoms with Crippen LogP contribution in [0.4, 0.5) is 5.69 Å². The van der Waals surface area contributed by atoms with E-state index in [-0.39, 0.29) is 11.9 Å². The van der Waals surface area contributed by atoms with Crippen molar-refractivity contribution in [1.29, 1.82) is 0 Å². The van der Waals surface area contributed by atoms with E-state index in [2.05, 4.69) is 17.3 Å². The van der Waals surface area contributed by atoms with Crippen molar-refractivity contribution >= 4 is 11.7 Å². The van der Waals surface area contributed by atoms with Crippen molar-refractivity contribution in [3.8, 4) is 0 Å². The van der Waals surface area contributed by atoms with Crippen LogP contribution in [0.15, 0.2) is 6.20 Å². The van der Waals surface area contributed by atoms with Gasteiger partial charge >= 0.3 is 5.97 Å². The minimum atomic E-state index is -0.165. The van der Waals surface area contributed by atoms with E-state index in [4.69, 9.17) is 4.74 Å². The molecule has 0 saturated heterocycles. The van der Waals surface area contributed by atoms with Crippen LogP contribution in [-0.2, 0) is 23.0 Å². The van der Waals surface area contributed by atoms with E-state index in [0.717, 1.165) is 17.8 Å². The van der Waals surface area contributed by atoms with Gasteiger partial charge in [0.15, 0.2) is 0 Å². The monoisotopic (exact) mass is 239 g/mol. The fraction of sp³-hybridized carbons (Fsp3) is 0.667. The first-order chi connectivity index (χ1) is 8.08.